The van der Waals surface area contributed by atoms with Crippen molar-refractivity contribution in [2.75, 3.05) is 0 Å². The second-order valence-electron chi connectivity index (χ2n) is 7.26. The number of aryl methyl sites for hydroxylation is 1. The van der Waals surface area contributed by atoms with Crippen molar-refractivity contribution in [2.45, 2.75) is 18.8 Å². The molecule has 0 saturated heterocycles. The Morgan fingerprint density at radius 2 is 1.97 bits per heavy atom. The van der Waals surface area contributed by atoms with E-state index in [-0.39, 0.29) is 5.91 Å². The van der Waals surface area contributed by atoms with Gasteiger partial charge in [0, 0.05) is 11.0 Å². The molecule has 1 N–H and O–H groups in total. The van der Waals surface area contributed by atoms with Crippen LogP contribution < -0.4 is 15.9 Å². The predicted octanol–water partition coefficient (Wildman–Crippen LogP) is 3.01. The molecular formula is C24H20N4O2S. The topological polar surface area (TPSA) is 70.2 Å². The Bertz CT molecular complexity index is 1290. The number of nitrogens with one attached hydrogen (secondary N) is 1. The number of thioether (sulfide) groups is 1. The third-order valence-electron chi connectivity index (χ3n) is 5.02. The number of carbonyl (C=O) groups excluding carboxylic acids is 1. The van der Waals surface area contributed by atoms with E-state index in [1.807, 2.05) is 48.6 Å². The minimum Gasteiger partial charge on any atom is -0.465 e. The van der Waals surface area contributed by atoms with Gasteiger partial charge in [-0.25, -0.2) is 5.01 Å². The summed E-state index contributed by atoms with van der Waals surface area (Å²) in [6.07, 6.45) is 4.91. The first-order valence-corrected chi connectivity index (χ1v) is 10.9. The van der Waals surface area contributed by atoms with E-state index in [2.05, 4.69) is 36.5 Å². The van der Waals surface area contributed by atoms with Crippen LogP contribution in [0.25, 0.3) is 11.8 Å². The smallest absolute Gasteiger partial charge is 0.276 e. The van der Waals surface area contributed by atoms with Gasteiger partial charge in [-0.1, -0.05) is 59.8 Å². The van der Waals surface area contributed by atoms with Crippen molar-refractivity contribution >= 4 is 34.6 Å². The first-order chi connectivity index (χ1) is 15.2. The van der Waals surface area contributed by atoms with Crippen LogP contribution in [0, 0.1) is 6.92 Å². The average Bonchev–Trinajstić information content (AvgIpc) is 3.30. The molecule has 2 aromatic carbocycles. The number of rotatable bonds is 4. The number of amidine groups is 1. The molecule has 0 saturated carbocycles. The average molecular weight is 429 g/mol. The number of amides is 1. The Morgan fingerprint density at radius 3 is 2.77 bits per heavy atom. The third-order valence-corrected chi connectivity index (χ3v) is 5.95. The van der Waals surface area contributed by atoms with Gasteiger partial charge in [0.25, 0.3) is 5.91 Å². The van der Waals surface area contributed by atoms with E-state index in [1.54, 1.807) is 11.3 Å². The highest BCUT2D eigenvalue weighted by Gasteiger charge is 2.32. The van der Waals surface area contributed by atoms with Crippen LogP contribution in [0.15, 0.2) is 87.5 Å². The van der Waals surface area contributed by atoms with Gasteiger partial charge in [0.05, 0.1) is 11.6 Å². The molecule has 7 heteroatoms. The van der Waals surface area contributed by atoms with Crippen LogP contribution in [0.4, 0.5) is 0 Å². The first-order valence-electron chi connectivity index (χ1n) is 9.94. The Hall–Kier alpha value is -3.58. The highest BCUT2D eigenvalue weighted by molar-refractivity contribution is 8.13. The molecule has 0 fully saturated rings. The normalized spacial score (nSPS) is 17.6. The van der Waals surface area contributed by atoms with Crippen molar-refractivity contribution in [3.8, 4) is 0 Å². The lowest BCUT2D eigenvalue weighted by Crippen LogP contribution is -2.52. The highest BCUT2D eigenvalue weighted by atomic mass is 32.2. The molecule has 2 aliphatic heterocycles. The summed E-state index contributed by atoms with van der Waals surface area (Å²) in [5, 5.41) is 11.5. The molecule has 31 heavy (non-hydrogen) atoms. The van der Waals surface area contributed by atoms with Gasteiger partial charge < -0.3 is 4.42 Å². The second kappa shape index (κ2) is 8.28. The number of hydrogen-bond donors (Lipinski definition) is 1. The van der Waals surface area contributed by atoms with Gasteiger partial charge in [-0.2, -0.15) is 0 Å². The lowest BCUT2D eigenvalue weighted by molar-refractivity contribution is -0.116. The summed E-state index contributed by atoms with van der Waals surface area (Å²) < 4.78 is 5.40. The monoisotopic (exact) mass is 428 g/mol. The number of fused-ring (bicyclic) bond motifs is 2. The molecular weight excluding hydrogens is 408 g/mol. The van der Waals surface area contributed by atoms with Crippen molar-refractivity contribution in [1.82, 2.24) is 10.3 Å². The number of para-hydroxylation sites is 1. The van der Waals surface area contributed by atoms with Crippen LogP contribution in [-0.4, -0.2) is 22.2 Å². The van der Waals surface area contributed by atoms with E-state index < -0.39 is 6.17 Å². The Balaban J connectivity index is 1.49. The quantitative estimate of drug-likeness (QED) is 0.694. The van der Waals surface area contributed by atoms with Crippen molar-refractivity contribution in [3.05, 3.63) is 100 Å². The van der Waals surface area contributed by atoms with E-state index in [0.717, 1.165) is 16.3 Å². The molecule has 0 bridgehead atoms. The molecule has 0 radical (unpaired) electrons. The zero-order valence-electron chi connectivity index (χ0n) is 16.9. The minimum atomic E-state index is -0.448. The molecule has 0 unspecified atom stereocenters. The molecule has 1 aromatic heterocycles. The van der Waals surface area contributed by atoms with Gasteiger partial charge in [0.15, 0.2) is 11.3 Å². The van der Waals surface area contributed by atoms with Crippen LogP contribution in [0.1, 0.15) is 16.9 Å². The van der Waals surface area contributed by atoms with Crippen molar-refractivity contribution in [1.29, 1.82) is 0 Å². The van der Waals surface area contributed by atoms with Gasteiger partial charge in [0.2, 0.25) is 0 Å². The summed E-state index contributed by atoms with van der Waals surface area (Å²) in [4.78, 5) is 17.9. The van der Waals surface area contributed by atoms with Crippen molar-refractivity contribution in [3.63, 3.8) is 0 Å². The lowest BCUT2D eigenvalue weighted by Gasteiger charge is -2.32. The molecule has 3 heterocycles. The zero-order valence-corrected chi connectivity index (χ0v) is 17.7. The molecule has 6 nitrogen and oxygen atoms in total. The molecule has 2 aliphatic rings. The zero-order chi connectivity index (χ0) is 21.2. The fraction of sp³-hybridized carbons (Fsp3) is 0.125. The maximum Gasteiger partial charge on any atom is 0.276 e. The largest absolute Gasteiger partial charge is 0.465 e. The summed E-state index contributed by atoms with van der Waals surface area (Å²) in [6, 6.07) is 19.7. The third kappa shape index (κ3) is 4.04. The molecule has 5 rings (SSSR count). The Morgan fingerprint density at radius 1 is 1.13 bits per heavy atom. The maximum absolute atomic E-state index is 13.1. The van der Waals surface area contributed by atoms with Crippen LogP contribution in [0.2, 0.25) is 0 Å². The maximum atomic E-state index is 13.1. The van der Waals surface area contributed by atoms with Crippen molar-refractivity contribution in [2.24, 2.45) is 10.1 Å². The van der Waals surface area contributed by atoms with Crippen molar-refractivity contribution < 1.29 is 9.21 Å². The number of nitrogens with zero attached hydrogens (tertiary/aromatic N) is 3. The Labute approximate surface area is 183 Å². The number of hydrogen-bond acceptors (Lipinski definition) is 6. The van der Waals surface area contributed by atoms with Crippen LogP contribution in [-0.2, 0) is 10.5 Å². The van der Waals surface area contributed by atoms with Crippen LogP contribution in [0.3, 0.4) is 0 Å². The molecule has 1 amide bonds. The van der Waals surface area contributed by atoms with Gasteiger partial charge in [-0.05, 0) is 42.8 Å². The summed E-state index contributed by atoms with van der Waals surface area (Å²) in [7, 11) is 0. The SMILES string of the molecule is Cc1ccc(CSC2=NN3C(=c4ccccc4=N[C@@H]3/C=C/c3ccco3)C(=O)N2)cc1. The molecule has 3 aromatic rings. The first kappa shape index (κ1) is 19.4. The van der Waals surface area contributed by atoms with E-state index in [9.17, 15) is 4.79 Å². The van der Waals surface area contributed by atoms with E-state index in [1.165, 1.54) is 22.9 Å². The molecule has 0 spiro atoms. The summed E-state index contributed by atoms with van der Waals surface area (Å²) in [5.41, 5.74) is 2.89. The standard InChI is InChI=1S/C24H20N4O2S/c1-16-8-10-17(11-9-16)15-31-24-26-23(29)22-19-6-2-3-7-20(19)25-21(28(22)27-24)13-12-18-5-4-14-30-18/h2-14,21H,15H2,1H3,(H,26,27,29)/b13-12+/t21-/m0/s1. The number of hydrazone groups is 1. The fourth-order valence-corrected chi connectivity index (χ4v) is 4.25. The van der Waals surface area contributed by atoms with E-state index >= 15 is 0 Å². The molecule has 0 aliphatic carbocycles. The van der Waals surface area contributed by atoms with Gasteiger partial charge in [-0.15, -0.1) is 5.10 Å². The highest BCUT2D eigenvalue weighted by Crippen LogP contribution is 2.23. The Kier molecular flexibility index (Phi) is 5.18. The van der Waals surface area contributed by atoms with Crippen LogP contribution in [0.5, 0.6) is 0 Å². The summed E-state index contributed by atoms with van der Waals surface area (Å²) >= 11 is 1.49. The predicted molar refractivity (Wildman–Crippen MR) is 122 cm³/mol. The van der Waals surface area contributed by atoms with Gasteiger partial charge in [-0.3, -0.25) is 15.1 Å². The molecule has 154 valence electrons. The second-order valence-corrected chi connectivity index (χ2v) is 8.23. The van der Waals surface area contributed by atoms with Gasteiger partial charge in [0.1, 0.15) is 11.5 Å². The lowest BCUT2D eigenvalue weighted by atomic mass is 10.1. The van der Waals surface area contributed by atoms with E-state index in [0.29, 0.717) is 16.6 Å². The van der Waals surface area contributed by atoms with Crippen LogP contribution >= 0.6 is 11.8 Å². The number of benzene rings is 2. The van der Waals surface area contributed by atoms with E-state index in [4.69, 9.17) is 14.5 Å². The van der Waals surface area contributed by atoms with Gasteiger partial charge >= 0.3 is 0 Å². The molecule has 1 atom stereocenters. The minimum absolute atomic E-state index is 0.180. The fourth-order valence-electron chi connectivity index (χ4n) is 3.45. The number of carbonyl (C=O) groups is 1. The number of furan rings is 1. The summed E-state index contributed by atoms with van der Waals surface area (Å²) in [5.74, 6) is 1.25. The summed E-state index contributed by atoms with van der Waals surface area (Å²) in [6.45, 7) is 2.06.